The van der Waals surface area contributed by atoms with Gasteiger partial charge in [0, 0.05) is 10.3 Å². The van der Waals surface area contributed by atoms with E-state index in [9.17, 15) is 13.2 Å². The third kappa shape index (κ3) is 3.96. The fraction of sp³-hybridized carbons (Fsp3) is 0.0769. The van der Waals surface area contributed by atoms with Gasteiger partial charge >= 0.3 is 0 Å². The van der Waals surface area contributed by atoms with Crippen LogP contribution in [0.1, 0.15) is 15.4 Å². The third-order valence-corrected chi connectivity index (χ3v) is 7.22. The lowest BCUT2D eigenvalue weighted by Crippen LogP contribution is -2.22. The van der Waals surface area contributed by atoms with Gasteiger partial charge in [-0.2, -0.15) is 0 Å². The Morgan fingerprint density at radius 2 is 1.91 bits per heavy atom. The summed E-state index contributed by atoms with van der Waals surface area (Å²) in [4.78, 5) is 17.1. The highest BCUT2D eigenvalue weighted by Crippen LogP contribution is 2.22. The molecule has 0 bridgehead atoms. The molecule has 0 aliphatic heterocycles. The van der Waals surface area contributed by atoms with Crippen LogP contribution < -0.4 is 10.0 Å². The van der Waals surface area contributed by atoms with Crippen molar-refractivity contribution in [2.45, 2.75) is 10.8 Å². The molecular formula is C13H11N3O3S4. The van der Waals surface area contributed by atoms with Crippen LogP contribution in [-0.2, 0) is 16.6 Å². The predicted octanol–water partition coefficient (Wildman–Crippen LogP) is 3.00. The summed E-state index contributed by atoms with van der Waals surface area (Å²) in [7, 11) is -3.64. The van der Waals surface area contributed by atoms with Crippen molar-refractivity contribution in [2.75, 3.05) is 4.72 Å². The number of hydrogen-bond donors (Lipinski definition) is 2. The van der Waals surface area contributed by atoms with Gasteiger partial charge < -0.3 is 5.32 Å². The van der Waals surface area contributed by atoms with Crippen molar-refractivity contribution in [3.8, 4) is 0 Å². The number of anilines is 1. The standard InChI is InChI=1S/C13H11N3O3S4/c17-12(14-7-9-3-1-5-20-9)10-8-22-13(15-10)16-23(18,19)11-4-2-6-21-11/h1-6,8H,7H2,(H,14,17)(H,15,16). The molecule has 0 aromatic carbocycles. The van der Waals surface area contributed by atoms with E-state index in [0.717, 1.165) is 27.6 Å². The van der Waals surface area contributed by atoms with Crippen molar-refractivity contribution in [3.05, 3.63) is 51.0 Å². The monoisotopic (exact) mass is 385 g/mol. The largest absolute Gasteiger partial charge is 0.346 e. The number of carbonyl (C=O) groups excluding carboxylic acids is 1. The molecule has 0 aliphatic rings. The third-order valence-electron chi connectivity index (χ3n) is 2.72. The van der Waals surface area contributed by atoms with Crippen molar-refractivity contribution in [2.24, 2.45) is 0 Å². The molecule has 0 unspecified atom stereocenters. The van der Waals surface area contributed by atoms with Gasteiger partial charge in [-0.1, -0.05) is 12.1 Å². The van der Waals surface area contributed by atoms with E-state index >= 15 is 0 Å². The zero-order chi connectivity index (χ0) is 16.3. The fourth-order valence-corrected chi connectivity index (χ4v) is 5.26. The molecule has 0 fully saturated rings. The molecule has 0 saturated heterocycles. The molecule has 6 nitrogen and oxygen atoms in total. The van der Waals surface area contributed by atoms with E-state index in [1.54, 1.807) is 22.8 Å². The molecule has 23 heavy (non-hydrogen) atoms. The zero-order valence-electron chi connectivity index (χ0n) is 11.6. The Morgan fingerprint density at radius 1 is 1.13 bits per heavy atom. The van der Waals surface area contributed by atoms with Gasteiger partial charge in [-0.15, -0.1) is 34.0 Å². The molecule has 0 radical (unpaired) electrons. The van der Waals surface area contributed by atoms with Gasteiger partial charge in [-0.25, -0.2) is 13.4 Å². The predicted molar refractivity (Wildman–Crippen MR) is 92.7 cm³/mol. The lowest BCUT2D eigenvalue weighted by molar-refractivity contribution is 0.0947. The maximum Gasteiger partial charge on any atom is 0.273 e. The van der Waals surface area contributed by atoms with Gasteiger partial charge in [0.25, 0.3) is 15.9 Å². The second-order valence-electron chi connectivity index (χ2n) is 4.34. The first-order valence-electron chi connectivity index (χ1n) is 6.37. The van der Waals surface area contributed by atoms with E-state index in [2.05, 4.69) is 15.0 Å². The SMILES string of the molecule is O=C(NCc1cccs1)c1csc(NS(=O)(=O)c2cccs2)n1. The minimum absolute atomic E-state index is 0.166. The number of nitrogens with one attached hydrogen (secondary N) is 2. The average Bonchev–Trinajstić information content (AvgIpc) is 3.25. The Morgan fingerprint density at radius 3 is 2.61 bits per heavy atom. The van der Waals surface area contributed by atoms with Crippen LogP contribution in [0.3, 0.4) is 0 Å². The molecule has 3 aromatic heterocycles. The minimum atomic E-state index is -3.64. The van der Waals surface area contributed by atoms with Gasteiger partial charge in [0.1, 0.15) is 9.90 Å². The molecule has 3 heterocycles. The Labute approximate surface area is 144 Å². The molecule has 0 atom stereocenters. The molecule has 0 spiro atoms. The first-order chi connectivity index (χ1) is 11.0. The van der Waals surface area contributed by atoms with Crippen molar-refractivity contribution >= 4 is 55.1 Å². The highest BCUT2D eigenvalue weighted by Gasteiger charge is 2.18. The Hall–Kier alpha value is -1.75. The molecule has 1 amide bonds. The minimum Gasteiger partial charge on any atom is -0.346 e. The van der Waals surface area contributed by atoms with Crippen molar-refractivity contribution in [1.82, 2.24) is 10.3 Å². The molecule has 0 aliphatic carbocycles. The fourth-order valence-electron chi connectivity index (χ4n) is 1.68. The van der Waals surface area contributed by atoms with Gasteiger partial charge in [0.05, 0.1) is 6.54 Å². The summed E-state index contributed by atoms with van der Waals surface area (Å²) in [5.41, 5.74) is 0.190. The van der Waals surface area contributed by atoms with Crippen LogP contribution in [0.4, 0.5) is 5.13 Å². The van der Waals surface area contributed by atoms with E-state index in [-0.39, 0.29) is 20.9 Å². The number of aromatic nitrogens is 1. The van der Waals surface area contributed by atoms with Crippen molar-refractivity contribution < 1.29 is 13.2 Å². The highest BCUT2D eigenvalue weighted by molar-refractivity contribution is 7.94. The maximum atomic E-state index is 12.1. The van der Waals surface area contributed by atoms with E-state index in [0.29, 0.717) is 6.54 Å². The first-order valence-corrected chi connectivity index (χ1v) is 10.5. The number of hydrogen-bond acceptors (Lipinski definition) is 7. The van der Waals surface area contributed by atoms with Crippen LogP contribution in [0.25, 0.3) is 0 Å². The van der Waals surface area contributed by atoms with Crippen molar-refractivity contribution in [3.63, 3.8) is 0 Å². The molecule has 3 rings (SSSR count). The lowest BCUT2D eigenvalue weighted by Gasteiger charge is -2.02. The van der Waals surface area contributed by atoms with Crippen molar-refractivity contribution in [1.29, 1.82) is 0 Å². The summed E-state index contributed by atoms with van der Waals surface area (Å²) in [6.45, 7) is 0.421. The molecular weight excluding hydrogens is 374 g/mol. The Bertz CT molecular complexity index is 883. The van der Waals surface area contributed by atoms with Crippen LogP contribution in [0.2, 0.25) is 0 Å². The zero-order valence-corrected chi connectivity index (χ0v) is 14.8. The maximum absolute atomic E-state index is 12.1. The van der Waals surface area contributed by atoms with E-state index in [1.807, 2.05) is 17.5 Å². The first kappa shape index (κ1) is 16.1. The summed E-state index contributed by atoms with van der Waals surface area (Å²) in [5.74, 6) is -0.337. The molecule has 2 N–H and O–H groups in total. The number of rotatable bonds is 6. The quantitative estimate of drug-likeness (QED) is 0.683. The molecule has 10 heteroatoms. The summed E-state index contributed by atoms with van der Waals surface area (Å²) in [5, 5.41) is 8.05. The summed E-state index contributed by atoms with van der Waals surface area (Å²) >= 11 is 3.74. The highest BCUT2D eigenvalue weighted by atomic mass is 32.2. The van der Waals surface area contributed by atoms with Crippen LogP contribution in [-0.4, -0.2) is 19.3 Å². The molecule has 0 saturated carbocycles. The van der Waals surface area contributed by atoms with Gasteiger partial charge in [0.15, 0.2) is 5.13 Å². The van der Waals surface area contributed by atoms with Gasteiger partial charge in [-0.05, 0) is 22.9 Å². The van der Waals surface area contributed by atoms with E-state index in [4.69, 9.17) is 0 Å². The second-order valence-corrected chi connectivity index (χ2v) is 9.08. The topological polar surface area (TPSA) is 88.2 Å². The van der Waals surface area contributed by atoms with Gasteiger partial charge in [0.2, 0.25) is 0 Å². The van der Waals surface area contributed by atoms with E-state index in [1.165, 1.54) is 11.4 Å². The van der Waals surface area contributed by atoms with Crippen LogP contribution in [0.5, 0.6) is 0 Å². The Kier molecular flexibility index (Phi) is 4.76. The normalized spacial score (nSPS) is 11.3. The van der Waals surface area contributed by atoms with E-state index < -0.39 is 10.0 Å². The lowest BCUT2D eigenvalue weighted by atomic mass is 10.4. The number of amides is 1. The number of thiazole rings is 1. The molecule has 3 aromatic rings. The number of carbonyl (C=O) groups is 1. The number of nitrogens with zero attached hydrogens (tertiary/aromatic N) is 1. The van der Waals surface area contributed by atoms with Gasteiger partial charge in [-0.3, -0.25) is 9.52 Å². The van der Waals surface area contributed by atoms with Crippen LogP contribution in [0.15, 0.2) is 44.6 Å². The smallest absolute Gasteiger partial charge is 0.273 e. The number of thiophene rings is 2. The second kappa shape index (κ2) is 6.79. The molecule has 120 valence electrons. The summed E-state index contributed by atoms with van der Waals surface area (Å²) < 4.78 is 26.8. The Balaban J connectivity index is 1.65. The summed E-state index contributed by atoms with van der Waals surface area (Å²) in [6, 6.07) is 7.00. The number of sulfonamides is 1. The average molecular weight is 386 g/mol. The summed E-state index contributed by atoms with van der Waals surface area (Å²) in [6.07, 6.45) is 0. The van der Waals surface area contributed by atoms with Crippen LogP contribution >= 0.6 is 34.0 Å². The van der Waals surface area contributed by atoms with Crippen LogP contribution in [0, 0.1) is 0 Å².